The highest BCUT2D eigenvalue weighted by atomic mass is 15.2. The summed E-state index contributed by atoms with van der Waals surface area (Å²) >= 11 is 0. The average molecular weight is 470 g/mol. The Morgan fingerprint density at radius 1 is 1.06 bits per heavy atom. The Hall–Kier alpha value is -3.58. The Morgan fingerprint density at radius 2 is 1.89 bits per heavy atom. The van der Waals surface area contributed by atoms with Crippen molar-refractivity contribution in [2.75, 3.05) is 50.2 Å². The molecule has 3 N–H and O–H groups in total. The third kappa shape index (κ3) is 4.56. The summed E-state index contributed by atoms with van der Waals surface area (Å²) in [6.45, 7) is 5.03. The maximum atomic E-state index is 6.46. The van der Waals surface area contributed by atoms with Crippen LogP contribution in [0.2, 0.25) is 0 Å². The van der Waals surface area contributed by atoms with E-state index in [0.29, 0.717) is 5.95 Å². The van der Waals surface area contributed by atoms with E-state index >= 15 is 0 Å². The van der Waals surface area contributed by atoms with Gasteiger partial charge in [0.05, 0.1) is 17.1 Å². The molecular formula is C28H35N7. The van der Waals surface area contributed by atoms with Gasteiger partial charge in [-0.3, -0.25) is 0 Å². The van der Waals surface area contributed by atoms with E-state index in [1.165, 1.54) is 35.0 Å². The first kappa shape index (κ1) is 23.2. The minimum absolute atomic E-state index is 0.582. The SMILES string of the molecule is Cc1cc(N(C)CCN(C)C)c(N)cc1Nc1nccc(-c2c3n(c4ccccc24)CCCC3)n1. The highest BCUT2D eigenvalue weighted by Gasteiger charge is 2.22. The van der Waals surface area contributed by atoms with Crippen molar-refractivity contribution in [3.05, 3.63) is 59.9 Å². The minimum atomic E-state index is 0.582. The van der Waals surface area contributed by atoms with Crippen LogP contribution in [0, 0.1) is 6.92 Å². The lowest BCUT2D eigenvalue weighted by molar-refractivity contribution is 0.416. The zero-order valence-electron chi connectivity index (χ0n) is 21.2. The molecule has 7 nitrogen and oxygen atoms in total. The highest BCUT2D eigenvalue weighted by Crippen LogP contribution is 2.37. The largest absolute Gasteiger partial charge is 0.397 e. The molecule has 0 saturated carbocycles. The number of nitrogens with two attached hydrogens (primary N) is 1. The number of aromatic nitrogens is 3. The summed E-state index contributed by atoms with van der Waals surface area (Å²) in [7, 11) is 6.24. The molecule has 0 bridgehead atoms. The maximum absolute atomic E-state index is 6.46. The van der Waals surface area contributed by atoms with Gasteiger partial charge in [-0.15, -0.1) is 0 Å². The number of para-hydroxylation sites is 1. The van der Waals surface area contributed by atoms with E-state index in [4.69, 9.17) is 10.7 Å². The molecule has 0 fully saturated rings. The van der Waals surface area contributed by atoms with E-state index < -0.39 is 0 Å². The monoisotopic (exact) mass is 469 g/mol. The van der Waals surface area contributed by atoms with E-state index in [0.717, 1.165) is 54.4 Å². The summed E-state index contributed by atoms with van der Waals surface area (Å²) in [4.78, 5) is 13.9. The van der Waals surface area contributed by atoms with Crippen LogP contribution in [0.1, 0.15) is 24.1 Å². The quantitative estimate of drug-likeness (QED) is 0.368. The van der Waals surface area contributed by atoms with Crippen LogP contribution in [0.15, 0.2) is 48.7 Å². The van der Waals surface area contributed by atoms with Crippen LogP contribution in [0.4, 0.5) is 23.0 Å². The van der Waals surface area contributed by atoms with Crippen LogP contribution in [0.5, 0.6) is 0 Å². The van der Waals surface area contributed by atoms with Crippen molar-refractivity contribution in [3.63, 3.8) is 0 Å². The van der Waals surface area contributed by atoms with Gasteiger partial charge in [-0.1, -0.05) is 18.2 Å². The van der Waals surface area contributed by atoms with Gasteiger partial charge in [0.25, 0.3) is 0 Å². The molecule has 182 valence electrons. The van der Waals surface area contributed by atoms with Crippen LogP contribution < -0.4 is 16.0 Å². The number of benzene rings is 2. The van der Waals surface area contributed by atoms with Gasteiger partial charge in [-0.25, -0.2) is 9.97 Å². The normalized spacial score (nSPS) is 13.3. The lowest BCUT2D eigenvalue weighted by Crippen LogP contribution is -2.29. The molecule has 5 rings (SSSR count). The van der Waals surface area contributed by atoms with E-state index in [9.17, 15) is 0 Å². The number of hydrogen-bond acceptors (Lipinski definition) is 6. The first-order valence-corrected chi connectivity index (χ1v) is 12.4. The first-order valence-electron chi connectivity index (χ1n) is 12.4. The molecule has 0 spiro atoms. The van der Waals surface area contributed by atoms with Gasteiger partial charge in [-0.2, -0.15) is 0 Å². The summed E-state index contributed by atoms with van der Waals surface area (Å²) in [5, 5.41) is 4.69. The molecule has 0 amide bonds. The molecule has 1 aliphatic heterocycles. The van der Waals surface area contributed by atoms with Gasteiger partial charge in [0.2, 0.25) is 5.95 Å². The van der Waals surface area contributed by atoms with Gasteiger partial charge < -0.3 is 25.4 Å². The smallest absolute Gasteiger partial charge is 0.227 e. The van der Waals surface area contributed by atoms with Gasteiger partial charge >= 0.3 is 0 Å². The molecule has 0 radical (unpaired) electrons. The molecule has 35 heavy (non-hydrogen) atoms. The third-order valence-electron chi connectivity index (χ3n) is 6.95. The fourth-order valence-corrected chi connectivity index (χ4v) is 5.04. The summed E-state index contributed by atoms with van der Waals surface area (Å²) in [5.74, 6) is 0.582. The summed E-state index contributed by atoms with van der Waals surface area (Å²) < 4.78 is 2.47. The number of nitrogens with zero attached hydrogens (tertiary/aromatic N) is 5. The Labute approximate surface area is 207 Å². The standard InChI is InChI=1S/C28H35N7/c1-19-17-26(34(4)16-15-33(2)3)21(29)18-23(19)32-28-30-13-12-22(31-28)27-20-9-5-6-10-24(20)35-14-8-7-11-25(27)35/h5-6,9-10,12-13,17-18H,7-8,11,14-16,29H2,1-4H3,(H,30,31,32). The Kier molecular flexibility index (Phi) is 6.34. The first-order chi connectivity index (χ1) is 16.9. The maximum Gasteiger partial charge on any atom is 0.227 e. The van der Waals surface area contributed by atoms with E-state index in [1.807, 2.05) is 18.3 Å². The number of hydrogen-bond donors (Lipinski definition) is 2. The lowest BCUT2D eigenvalue weighted by atomic mass is 10.0. The number of nitrogens with one attached hydrogen (secondary N) is 1. The van der Waals surface area contributed by atoms with Crippen molar-refractivity contribution >= 4 is 33.9 Å². The zero-order chi connectivity index (χ0) is 24.5. The predicted octanol–water partition coefficient (Wildman–Crippen LogP) is 5.07. The van der Waals surface area contributed by atoms with Crippen LogP contribution >= 0.6 is 0 Å². The van der Waals surface area contributed by atoms with Crippen molar-refractivity contribution in [1.82, 2.24) is 19.4 Å². The van der Waals surface area contributed by atoms with E-state index in [-0.39, 0.29) is 0 Å². The second kappa shape index (κ2) is 9.58. The molecule has 0 unspecified atom stereocenters. The number of fused-ring (bicyclic) bond motifs is 3. The topological polar surface area (TPSA) is 75.2 Å². The lowest BCUT2D eigenvalue weighted by Gasteiger charge is -2.24. The van der Waals surface area contributed by atoms with Gasteiger partial charge in [0, 0.05) is 60.7 Å². The Morgan fingerprint density at radius 3 is 2.71 bits per heavy atom. The third-order valence-corrected chi connectivity index (χ3v) is 6.95. The van der Waals surface area contributed by atoms with Gasteiger partial charge in [0.15, 0.2) is 0 Å². The van der Waals surface area contributed by atoms with Crippen LogP contribution in [-0.2, 0) is 13.0 Å². The van der Waals surface area contributed by atoms with Gasteiger partial charge in [-0.05, 0) is 70.1 Å². The van der Waals surface area contributed by atoms with E-state index in [2.05, 4.69) is 83.1 Å². The molecule has 7 heteroatoms. The summed E-state index contributed by atoms with van der Waals surface area (Å²) in [6, 6.07) is 14.8. The predicted molar refractivity (Wildman–Crippen MR) is 147 cm³/mol. The molecule has 0 atom stereocenters. The minimum Gasteiger partial charge on any atom is -0.397 e. The molecule has 0 aliphatic carbocycles. The van der Waals surface area contributed by atoms with E-state index in [1.54, 1.807) is 0 Å². The average Bonchev–Trinajstić information content (AvgIpc) is 3.19. The molecule has 2 aromatic heterocycles. The number of aryl methyl sites for hydroxylation is 2. The number of nitrogen functional groups attached to an aromatic ring is 1. The molecule has 3 heterocycles. The molecule has 4 aromatic rings. The highest BCUT2D eigenvalue weighted by molar-refractivity contribution is 5.97. The molecular weight excluding hydrogens is 434 g/mol. The number of anilines is 4. The second-order valence-corrected chi connectivity index (χ2v) is 9.79. The Bertz CT molecular complexity index is 1360. The van der Waals surface area contributed by atoms with Crippen molar-refractivity contribution in [1.29, 1.82) is 0 Å². The van der Waals surface area contributed by atoms with Crippen molar-refractivity contribution in [3.8, 4) is 11.3 Å². The number of likely N-dealkylation sites (N-methyl/N-ethyl adjacent to an activating group) is 2. The molecule has 0 saturated heterocycles. The van der Waals surface area contributed by atoms with Crippen LogP contribution in [-0.4, -0.2) is 53.7 Å². The van der Waals surface area contributed by atoms with Crippen molar-refractivity contribution in [2.45, 2.75) is 32.7 Å². The fraction of sp³-hybridized carbons (Fsp3) is 0.357. The zero-order valence-corrected chi connectivity index (χ0v) is 21.2. The molecule has 1 aliphatic rings. The fourth-order valence-electron chi connectivity index (χ4n) is 5.04. The van der Waals surface area contributed by atoms with Gasteiger partial charge in [0.1, 0.15) is 0 Å². The molecule has 2 aromatic carbocycles. The van der Waals surface area contributed by atoms with Crippen LogP contribution in [0.3, 0.4) is 0 Å². The van der Waals surface area contributed by atoms with Crippen molar-refractivity contribution in [2.24, 2.45) is 0 Å². The van der Waals surface area contributed by atoms with Crippen LogP contribution in [0.25, 0.3) is 22.2 Å². The number of rotatable bonds is 7. The summed E-state index contributed by atoms with van der Waals surface area (Å²) in [6.07, 6.45) is 5.36. The summed E-state index contributed by atoms with van der Waals surface area (Å²) in [5.41, 5.74) is 15.1. The Balaban J connectivity index is 1.46. The van der Waals surface area contributed by atoms with Crippen molar-refractivity contribution < 1.29 is 0 Å². The second-order valence-electron chi connectivity index (χ2n) is 9.79.